The summed E-state index contributed by atoms with van der Waals surface area (Å²) >= 11 is 0. The van der Waals surface area contributed by atoms with Gasteiger partial charge in [0.25, 0.3) is 0 Å². The van der Waals surface area contributed by atoms with E-state index in [1.165, 1.54) is 18.5 Å². The van der Waals surface area contributed by atoms with Gasteiger partial charge < -0.3 is 0 Å². The highest BCUT2D eigenvalue weighted by Gasteiger charge is 2.03. The van der Waals surface area contributed by atoms with Crippen molar-refractivity contribution in [1.29, 1.82) is 0 Å². The number of halogens is 1. The summed E-state index contributed by atoms with van der Waals surface area (Å²) in [6.07, 6.45) is 2.83. The average Bonchev–Trinajstić information content (AvgIpc) is 2.09. The summed E-state index contributed by atoms with van der Waals surface area (Å²) < 4.78 is 28.2. The fraction of sp³-hybridized carbons (Fsp3) is 0.375. The molecule has 3 nitrogen and oxygen atoms in total. The van der Waals surface area contributed by atoms with Crippen LogP contribution in [0.5, 0.6) is 0 Å². The topological polar surface area (TPSA) is 42.3 Å². The summed E-state index contributed by atoms with van der Waals surface area (Å²) in [5.74, 6) is -0.271. The lowest BCUT2D eigenvalue weighted by molar-refractivity contribution is 0.586. The SMILES string of the molecule is CC[S@](C)(=O)=Nc1cccnc1F. The highest BCUT2D eigenvalue weighted by Crippen LogP contribution is 2.16. The van der Waals surface area contributed by atoms with Crippen LogP contribution in [-0.4, -0.2) is 21.2 Å². The van der Waals surface area contributed by atoms with Crippen LogP contribution in [0.3, 0.4) is 0 Å². The molecule has 72 valence electrons. The Morgan fingerprint density at radius 1 is 1.69 bits per heavy atom. The van der Waals surface area contributed by atoms with E-state index in [9.17, 15) is 8.60 Å². The van der Waals surface area contributed by atoms with Gasteiger partial charge in [0.05, 0.1) is 0 Å². The Morgan fingerprint density at radius 2 is 2.38 bits per heavy atom. The molecule has 0 radical (unpaired) electrons. The molecule has 1 atom stereocenters. The second-order valence-electron chi connectivity index (χ2n) is 2.65. The molecule has 0 amide bonds. The van der Waals surface area contributed by atoms with Crippen LogP contribution in [-0.2, 0) is 9.73 Å². The molecular formula is C8H11FN2OS. The standard InChI is InChI=1S/C8H11FN2OS/c1-3-13(2,12)11-7-5-4-6-10-8(7)9/h4-6H,3H2,1-2H3/t13-/m0/s1. The van der Waals surface area contributed by atoms with Gasteiger partial charge >= 0.3 is 0 Å². The second-order valence-corrected chi connectivity index (χ2v) is 5.33. The van der Waals surface area contributed by atoms with E-state index in [1.54, 1.807) is 13.0 Å². The molecule has 0 spiro atoms. The van der Waals surface area contributed by atoms with Crippen LogP contribution in [0.25, 0.3) is 0 Å². The van der Waals surface area contributed by atoms with E-state index in [4.69, 9.17) is 0 Å². The van der Waals surface area contributed by atoms with Crippen LogP contribution < -0.4 is 0 Å². The monoisotopic (exact) mass is 202 g/mol. The zero-order valence-electron chi connectivity index (χ0n) is 7.53. The van der Waals surface area contributed by atoms with Crippen LogP contribution in [0, 0.1) is 5.95 Å². The Bertz CT molecular complexity index is 410. The summed E-state index contributed by atoms with van der Waals surface area (Å²) in [5.41, 5.74) is 0.0665. The first-order chi connectivity index (χ1) is 6.05. The maximum absolute atomic E-state index is 12.9. The maximum atomic E-state index is 12.9. The molecule has 1 aromatic rings. The number of hydrogen-bond acceptors (Lipinski definition) is 3. The summed E-state index contributed by atoms with van der Waals surface area (Å²) in [5, 5.41) is 0. The molecule has 13 heavy (non-hydrogen) atoms. The summed E-state index contributed by atoms with van der Waals surface area (Å²) in [7, 11) is -2.30. The van der Waals surface area contributed by atoms with Gasteiger partial charge in [-0.3, -0.25) is 0 Å². The maximum Gasteiger partial charge on any atom is 0.239 e. The van der Waals surface area contributed by atoms with E-state index < -0.39 is 15.7 Å². The third kappa shape index (κ3) is 2.77. The molecule has 0 fully saturated rings. The van der Waals surface area contributed by atoms with Gasteiger partial charge in [0.2, 0.25) is 5.95 Å². The van der Waals surface area contributed by atoms with Crippen molar-refractivity contribution in [2.24, 2.45) is 4.36 Å². The quantitative estimate of drug-likeness (QED) is 0.688. The molecule has 0 unspecified atom stereocenters. The van der Waals surface area contributed by atoms with Crippen LogP contribution in [0.2, 0.25) is 0 Å². The van der Waals surface area contributed by atoms with Gasteiger partial charge in [0.1, 0.15) is 5.69 Å². The summed E-state index contributed by atoms with van der Waals surface area (Å²) in [6, 6.07) is 3.02. The first kappa shape index (κ1) is 10.1. The largest absolute Gasteiger partial charge is 0.250 e. The number of pyridine rings is 1. The number of nitrogens with zero attached hydrogens (tertiary/aromatic N) is 2. The third-order valence-electron chi connectivity index (χ3n) is 1.57. The van der Waals surface area contributed by atoms with Gasteiger partial charge in [-0.15, -0.1) is 0 Å². The van der Waals surface area contributed by atoms with E-state index in [-0.39, 0.29) is 5.69 Å². The van der Waals surface area contributed by atoms with Crippen molar-refractivity contribution >= 4 is 15.4 Å². The van der Waals surface area contributed by atoms with Crippen molar-refractivity contribution in [1.82, 2.24) is 4.98 Å². The van der Waals surface area contributed by atoms with Crippen molar-refractivity contribution in [3.05, 3.63) is 24.3 Å². The van der Waals surface area contributed by atoms with Gasteiger partial charge in [-0.25, -0.2) is 9.19 Å². The number of rotatable bonds is 2. The Kier molecular flexibility index (Phi) is 2.98. The predicted octanol–water partition coefficient (Wildman–Crippen LogP) is 1.97. The van der Waals surface area contributed by atoms with Crippen molar-refractivity contribution < 1.29 is 8.60 Å². The van der Waals surface area contributed by atoms with E-state index in [1.807, 2.05) is 0 Å². The van der Waals surface area contributed by atoms with Crippen LogP contribution in [0.1, 0.15) is 6.92 Å². The lowest BCUT2D eigenvalue weighted by Crippen LogP contribution is -1.98. The molecule has 0 N–H and O–H groups in total. The molecule has 1 rings (SSSR count). The molecular weight excluding hydrogens is 191 g/mol. The fourth-order valence-corrected chi connectivity index (χ4v) is 1.40. The van der Waals surface area contributed by atoms with Gasteiger partial charge in [0, 0.05) is 27.9 Å². The second kappa shape index (κ2) is 3.83. The third-order valence-corrected chi connectivity index (χ3v) is 3.22. The molecule has 5 heteroatoms. The highest BCUT2D eigenvalue weighted by atomic mass is 32.2. The molecule has 1 heterocycles. The molecule has 0 aliphatic rings. The fourth-order valence-electron chi connectivity index (χ4n) is 0.718. The molecule has 1 aromatic heterocycles. The van der Waals surface area contributed by atoms with E-state index in [2.05, 4.69) is 9.35 Å². The Hall–Kier alpha value is -0.970. The van der Waals surface area contributed by atoms with E-state index >= 15 is 0 Å². The normalized spacial score (nSPS) is 15.0. The van der Waals surface area contributed by atoms with Crippen LogP contribution in [0.4, 0.5) is 10.1 Å². The smallest absolute Gasteiger partial charge is 0.239 e. The zero-order valence-corrected chi connectivity index (χ0v) is 8.34. The lowest BCUT2D eigenvalue weighted by Gasteiger charge is -1.99. The minimum absolute atomic E-state index is 0.0665. The van der Waals surface area contributed by atoms with E-state index in [0.717, 1.165) is 0 Å². The predicted molar refractivity (Wildman–Crippen MR) is 50.9 cm³/mol. The highest BCUT2D eigenvalue weighted by molar-refractivity contribution is 7.93. The van der Waals surface area contributed by atoms with Gasteiger partial charge in [-0.1, -0.05) is 6.92 Å². The Morgan fingerprint density at radius 3 is 2.92 bits per heavy atom. The minimum Gasteiger partial charge on any atom is -0.250 e. The van der Waals surface area contributed by atoms with E-state index in [0.29, 0.717) is 5.75 Å². The summed E-state index contributed by atoms with van der Waals surface area (Å²) in [6.45, 7) is 1.75. The van der Waals surface area contributed by atoms with Crippen LogP contribution >= 0.6 is 0 Å². The van der Waals surface area contributed by atoms with Gasteiger partial charge in [-0.2, -0.15) is 8.75 Å². The van der Waals surface area contributed by atoms with Crippen molar-refractivity contribution in [3.63, 3.8) is 0 Å². The Balaban J connectivity index is 3.19. The van der Waals surface area contributed by atoms with Gasteiger partial charge in [0.15, 0.2) is 0 Å². The number of hydrogen-bond donors (Lipinski definition) is 0. The first-order valence-corrected chi connectivity index (χ1v) is 5.95. The molecule has 0 bridgehead atoms. The molecule has 0 aliphatic heterocycles. The molecule has 0 aliphatic carbocycles. The number of aromatic nitrogens is 1. The molecule has 0 saturated carbocycles. The zero-order chi connectivity index (χ0) is 9.90. The van der Waals surface area contributed by atoms with Gasteiger partial charge in [-0.05, 0) is 12.1 Å². The average molecular weight is 202 g/mol. The van der Waals surface area contributed by atoms with Crippen molar-refractivity contribution in [2.45, 2.75) is 6.92 Å². The summed E-state index contributed by atoms with van der Waals surface area (Å²) in [4.78, 5) is 3.41. The lowest BCUT2D eigenvalue weighted by atomic mass is 10.4. The Labute approximate surface area is 77.2 Å². The molecule has 0 aromatic carbocycles. The minimum atomic E-state index is -2.30. The van der Waals surface area contributed by atoms with Crippen molar-refractivity contribution in [3.8, 4) is 0 Å². The first-order valence-electron chi connectivity index (χ1n) is 3.85. The van der Waals surface area contributed by atoms with Crippen LogP contribution in [0.15, 0.2) is 22.7 Å². The van der Waals surface area contributed by atoms with Crippen molar-refractivity contribution in [2.75, 3.05) is 12.0 Å². The molecule has 0 saturated heterocycles.